The second-order valence-electron chi connectivity index (χ2n) is 11.7. The van der Waals surface area contributed by atoms with Crippen molar-refractivity contribution >= 4 is 45.9 Å². The molecule has 0 unspecified atom stereocenters. The Bertz CT molecular complexity index is 1740. The fourth-order valence-corrected chi connectivity index (χ4v) is 6.65. The van der Waals surface area contributed by atoms with Crippen molar-refractivity contribution in [3.63, 3.8) is 0 Å². The van der Waals surface area contributed by atoms with Gasteiger partial charge >= 0.3 is 0 Å². The molecule has 2 saturated heterocycles. The van der Waals surface area contributed by atoms with Gasteiger partial charge in [-0.15, -0.1) is 0 Å². The predicted octanol–water partition coefficient (Wildman–Crippen LogP) is 5.41. The Morgan fingerprint density at radius 3 is 2.40 bits per heavy atom. The van der Waals surface area contributed by atoms with Gasteiger partial charge in [0, 0.05) is 85.8 Å². The van der Waals surface area contributed by atoms with Crippen LogP contribution in [-0.2, 0) is 4.79 Å². The Balaban J connectivity index is 1.40. The lowest BCUT2D eigenvalue weighted by Crippen LogP contribution is -2.44. The maximum absolute atomic E-state index is 14.3. The second-order valence-corrected chi connectivity index (χ2v) is 12.1. The molecule has 6 rings (SSSR count). The number of benzene rings is 2. The molecule has 0 atom stereocenters. The molecule has 9 nitrogen and oxygen atoms in total. The van der Waals surface area contributed by atoms with E-state index in [2.05, 4.69) is 52.3 Å². The number of piperidine rings is 1. The molecule has 2 aromatic heterocycles. The first-order valence-corrected chi connectivity index (χ1v) is 15.3. The number of hydrogen-bond acceptors (Lipinski definition) is 7. The molecule has 4 aromatic rings. The van der Waals surface area contributed by atoms with E-state index in [-0.39, 0.29) is 17.5 Å². The zero-order valence-corrected chi connectivity index (χ0v) is 26.0. The molecule has 0 saturated carbocycles. The number of fused-ring (bicyclic) bond motifs is 1. The summed E-state index contributed by atoms with van der Waals surface area (Å²) in [5.74, 6) is 0.484. The van der Waals surface area contributed by atoms with Crippen LogP contribution in [0, 0.1) is 13.8 Å². The Hall–Kier alpha value is -3.95. The molecule has 0 bridgehead atoms. The highest BCUT2D eigenvalue weighted by Gasteiger charge is 2.28. The highest BCUT2D eigenvalue weighted by molar-refractivity contribution is 6.33. The van der Waals surface area contributed by atoms with Crippen LogP contribution in [0.15, 0.2) is 53.5 Å². The number of carbonyl (C=O) groups is 1. The Kier molecular flexibility index (Phi) is 8.11. The molecular weight excluding hydrogens is 562 g/mol. The summed E-state index contributed by atoms with van der Waals surface area (Å²) in [6.45, 7) is 11.0. The lowest BCUT2D eigenvalue weighted by molar-refractivity contribution is -0.130. The van der Waals surface area contributed by atoms with Gasteiger partial charge < -0.3 is 20.0 Å². The molecule has 1 amide bonds. The molecule has 0 aliphatic carbocycles. The SMILES string of the molecule is CC(=O)N1CCC(n2c(=O)c(-c3ccccc3Cl)c(C)c3cnc(Nc4ccc(N5CCN(C)CC5)c(C)c4)nc32)CC1. The van der Waals surface area contributed by atoms with E-state index in [1.807, 2.05) is 34.6 Å². The molecule has 1 N–H and O–H groups in total. The number of hydrogen-bond donors (Lipinski definition) is 1. The highest BCUT2D eigenvalue weighted by Crippen LogP contribution is 2.34. The number of likely N-dealkylation sites (N-methyl/N-ethyl adjacent to an activating group) is 1. The summed E-state index contributed by atoms with van der Waals surface area (Å²) in [6.07, 6.45) is 3.13. The average Bonchev–Trinajstić information content (AvgIpc) is 2.99. The smallest absolute Gasteiger partial charge is 0.260 e. The zero-order valence-electron chi connectivity index (χ0n) is 25.2. The summed E-state index contributed by atoms with van der Waals surface area (Å²) in [5.41, 5.74) is 5.83. The fourth-order valence-electron chi connectivity index (χ4n) is 6.42. The minimum Gasteiger partial charge on any atom is -0.369 e. The van der Waals surface area contributed by atoms with Crippen LogP contribution in [0.25, 0.3) is 22.2 Å². The topological polar surface area (TPSA) is 86.6 Å². The number of nitrogens with zero attached hydrogens (tertiary/aromatic N) is 6. The number of rotatable bonds is 5. The van der Waals surface area contributed by atoms with E-state index in [1.54, 1.807) is 19.2 Å². The normalized spacial score (nSPS) is 16.6. The number of aromatic nitrogens is 3. The van der Waals surface area contributed by atoms with Crippen molar-refractivity contribution < 1.29 is 4.79 Å². The first-order valence-electron chi connectivity index (χ1n) is 14.9. The Labute approximate surface area is 257 Å². The number of piperazine rings is 1. The zero-order chi connectivity index (χ0) is 30.2. The first-order chi connectivity index (χ1) is 20.7. The quantitative estimate of drug-likeness (QED) is 0.328. The summed E-state index contributed by atoms with van der Waals surface area (Å²) in [5, 5.41) is 4.71. The van der Waals surface area contributed by atoms with Gasteiger partial charge in [0.2, 0.25) is 11.9 Å². The van der Waals surface area contributed by atoms with Crippen LogP contribution < -0.4 is 15.8 Å². The molecule has 224 valence electrons. The summed E-state index contributed by atoms with van der Waals surface area (Å²) >= 11 is 6.60. The lowest BCUT2D eigenvalue weighted by Gasteiger charge is -2.35. The number of carbonyl (C=O) groups excluding carboxylic acids is 1. The monoisotopic (exact) mass is 599 g/mol. The molecule has 2 fully saturated rings. The summed E-state index contributed by atoms with van der Waals surface area (Å²) in [4.78, 5) is 42.6. The standard InChI is InChI=1S/C33H38ClN7O2/c1-21-19-24(9-10-29(21)40-17-15-38(4)16-18-40)36-33-35-20-27-22(2)30(26-7-5-6-8-28(26)34)32(43)41(31(27)37-33)25-11-13-39(14-12-25)23(3)42/h5-10,19-20,25H,11-18H2,1-4H3,(H,35,36,37). The van der Waals surface area contributed by atoms with Crippen molar-refractivity contribution in [3.8, 4) is 11.1 Å². The van der Waals surface area contributed by atoms with Gasteiger partial charge in [-0.1, -0.05) is 29.8 Å². The van der Waals surface area contributed by atoms with Crippen molar-refractivity contribution in [1.82, 2.24) is 24.3 Å². The Morgan fingerprint density at radius 1 is 1.00 bits per heavy atom. The molecule has 4 heterocycles. The van der Waals surface area contributed by atoms with E-state index in [0.717, 1.165) is 42.8 Å². The van der Waals surface area contributed by atoms with Gasteiger partial charge in [-0.3, -0.25) is 14.2 Å². The summed E-state index contributed by atoms with van der Waals surface area (Å²) in [6, 6.07) is 13.7. The maximum atomic E-state index is 14.3. The number of halogens is 1. The van der Waals surface area contributed by atoms with E-state index in [4.69, 9.17) is 16.6 Å². The van der Waals surface area contributed by atoms with Crippen molar-refractivity contribution in [2.24, 2.45) is 0 Å². The third-order valence-corrected chi connectivity index (χ3v) is 9.25. The van der Waals surface area contributed by atoms with Crippen LogP contribution in [-0.4, -0.2) is 76.6 Å². The summed E-state index contributed by atoms with van der Waals surface area (Å²) < 4.78 is 1.81. The van der Waals surface area contributed by atoms with Gasteiger partial charge in [-0.2, -0.15) is 4.98 Å². The molecule has 2 aliphatic rings. The van der Waals surface area contributed by atoms with E-state index in [0.29, 0.717) is 53.7 Å². The molecule has 43 heavy (non-hydrogen) atoms. The molecule has 0 radical (unpaired) electrons. The number of pyridine rings is 1. The van der Waals surface area contributed by atoms with Crippen molar-refractivity contribution in [2.75, 3.05) is 56.5 Å². The largest absolute Gasteiger partial charge is 0.369 e. The van der Waals surface area contributed by atoms with Crippen LogP contribution >= 0.6 is 11.6 Å². The number of nitrogens with one attached hydrogen (secondary N) is 1. The van der Waals surface area contributed by atoms with Gasteiger partial charge in [-0.25, -0.2) is 4.98 Å². The maximum Gasteiger partial charge on any atom is 0.260 e. The summed E-state index contributed by atoms with van der Waals surface area (Å²) in [7, 11) is 2.16. The van der Waals surface area contributed by atoms with Gasteiger partial charge in [0.25, 0.3) is 5.56 Å². The molecule has 0 spiro atoms. The van der Waals surface area contributed by atoms with Crippen molar-refractivity contribution in [3.05, 3.63) is 75.2 Å². The number of aryl methyl sites for hydroxylation is 2. The second kappa shape index (κ2) is 12.0. The average molecular weight is 600 g/mol. The van der Waals surface area contributed by atoms with Crippen LogP contribution in [0.2, 0.25) is 5.02 Å². The predicted molar refractivity (Wildman–Crippen MR) is 174 cm³/mol. The van der Waals surface area contributed by atoms with E-state index >= 15 is 0 Å². The Morgan fingerprint density at radius 2 is 1.72 bits per heavy atom. The van der Waals surface area contributed by atoms with E-state index < -0.39 is 0 Å². The first kappa shape index (κ1) is 29.1. The van der Waals surface area contributed by atoms with Gasteiger partial charge in [0.05, 0.1) is 5.56 Å². The van der Waals surface area contributed by atoms with Crippen LogP contribution in [0.4, 0.5) is 17.3 Å². The van der Waals surface area contributed by atoms with Crippen LogP contribution in [0.5, 0.6) is 0 Å². The molecule has 10 heteroatoms. The van der Waals surface area contributed by atoms with Crippen molar-refractivity contribution in [1.29, 1.82) is 0 Å². The highest BCUT2D eigenvalue weighted by atomic mass is 35.5. The van der Waals surface area contributed by atoms with Gasteiger partial charge in [-0.05, 0) is 69.1 Å². The van der Waals surface area contributed by atoms with Crippen LogP contribution in [0.3, 0.4) is 0 Å². The van der Waals surface area contributed by atoms with Gasteiger partial charge in [0.1, 0.15) is 5.65 Å². The van der Waals surface area contributed by atoms with E-state index in [9.17, 15) is 9.59 Å². The molecular formula is C33H38ClN7O2. The molecule has 2 aromatic carbocycles. The third-order valence-electron chi connectivity index (χ3n) is 8.92. The molecule has 2 aliphatic heterocycles. The number of likely N-dealkylation sites (tertiary alicyclic amines) is 1. The van der Waals surface area contributed by atoms with Crippen molar-refractivity contribution in [2.45, 2.75) is 39.7 Å². The number of anilines is 3. The third kappa shape index (κ3) is 5.71. The minimum atomic E-state index is -0.128. The van der Waals surface area contributed by atoms with Gasteiger partial charge in [0.15, 0.2) is 0 Å². The van der Waals surface area contributed by atoms with Crippen LogP contribution in [0.1, 0.15) is 36.9 Å². The lowest BCUT2D eigenvalue weighted by atomic mass is 9.97. The van der Waals surface area contributed by atoms with E-state index in [1.165, 1.54) is 11.3 Å². The number of amides is 1. The minimum absolute atomic E-state index is 0.0547. The fraction of sp³-hybridized carbons (Fsp3) is 0.394.